The molecule has 26 heavy (non-hydrogen) atoms. The van der Waals surface area contributed by atoms with E-state index in [1.165, 1.54) is 0 Å². The highest BCUT2D eigenvalue weighted by atomic mass is 16.5. The average molecular weight is 353 g/mol. The molecular formula is C20H19NO5. The smallest absolute Gasteiger partial charge is 0.310 e. The minimum Gasteiger partial charge on any atom is -0.478 e. The van der Waals surface area contributed by atoms with Crippen molar-refractivity contribution in [2.75, 3.05) is 11.9 Å². The summed E-state index contributed by atoms with van der Waals surface area (Å²) in [5, 5.41) is 2.68. The van der Waals surface area contributed by atoms with Crippen LogP contribution < -0.4 is 10.1 Å². The van der Waals surface area contributed by atoms with E-state index in [2.05, 4.69) is 5.32 Å². The Balaban J connectivity index is 1.56. The number of aryl methyl sites for hydroxylation is 2. The van der Waals surface area contributed by atoms with Crippen molar-refractivity contribution >= 4 is 23.3 Å². The number of hydrogen-bond donors (Lipinski definition) is 1. The van der Waals surface area contributed by atoms with E-state index in [1.807, 2.05) is 26.0 Å². The van der Waals surface area contributed by atoms with E-state index < -0.39 is 18.0 Å². The van der Waals surface area contributed by atoms with Gasteiger partial charge in [-0.2, -0.15) is 0 Å². The van der Waals surface area contributed by atoms with Crippen molar-refractivity contribution in [3.05, 3.63) is 59.2 Å². The second-order valence-electron chi connectivity index (χ2n) is 6.20. The molecule has 0 saturated carbocycles. The summed E-state index contributed by atoms with van der Waals surface area (Å²) in [5.74, 6) is -0.865. The fourth-order valence-corrected chi connectivity index (χ4v) is 2.79. The summed E-state index contributed by atoms with van der Waals surface area (Å²) in [5.41, 5.74) is 2.96. The number of Topliss-reactive ketones (excluding diaryl/α,β-unsaturated/α-hetero) is 1. The van der Waals surface area contributed by atoms with E-state index in [0.717, 1.165) is 11.1 Å². The molecule has 1 N–H and O–H groups in total. The maximum atomic E-state index is 12.2. The molecule has 0 spiro atoms. The molecule has 0 radical (unpaired) electrons. The number of nitrogens with one attached hydrogen (secondary N) is 1. The molecule has 2 aromatic carbocycles. The Kier molecular flexibility index (Phi) is 5.02. The van der Waals surface area contributed by atoms with Gasteiger partial charge in [0.15, 0.2) is 12.7 Å². The number of benzene rings is 2. The van der Waals surface area contributed by atoms with Gasteiger partial charge in [-0.1, -0.05) is 35.9 Å². The normalized spacial score (nSPS) is 15.5. The molecule has 0 bridgehead atoms. The fourth-order valence-electron chi connectivity index (χ4n) is 2.79. The van der Waals surface area contributed by atoms with Gasteiger partial charge >= 0.3 is 5.97 Å². The Labute approximate surface area is 151 Å². The van der Waals surface area contributed by atoms with Crippen molar-refractivity contribution in [1.82, 2.24) is 0 Å². The van der Waals surface area contributed by atoms with Crippen LogP contribution in [0.5, 0.6) is 5.75 Å². The SMILES string of the molecule is Cc1ccc(C(=O)COC(=O)CC2Oc3ccccc3NC2=O)c(C)c1. The van der Waals surface area contributed by atoms with Gasteiger partial charge in [-0.15, -0.1) is 0 Å². The molecule has 3 rings (SSSR count). The third-order valence-electron chi connectivity index (χ3n) is 4.11. The predicted molar refractivity (Wildman–Crippen MR) is 95.3 cm³/mol. The van der Waals surface area contributed by atoms with Crippen LogP contribution in [0, 0.1) is 13.8 Å². The summed E-state index contributed by atoms with van der Waals surface area (Å²) in [4.78, 5) is 36.2. The number of anilines is 1. The predicted octanol–water partition coefficient (Wildman–Crippen LogP) is 2.82. The van der Waals surface area contributed by atoms with Crippen molar-refractivity contribution in [2.45, 2.75) is 26.4 Å². The monoisotopic (exact) mass is 353 g/mol. The number of amides is 1. The summed E-state index contributed by atoms with van der Waals surface area (Å²) < 4.78 is 10.6. The molecule has 134 valence electrons. The number of esters is 1. The number of fused-ring (bicyclic) bond motifs is 1. The van der Waals surface area contributed by atoms with Gasteiger partial charge in [-0.05, 0) is 31.5 Å². The zero-order chi connectivity index (χ0) is 18.7. The van der Waals surface area contributed by atoms with Gasteiger partial charge in [0.05, 0.1) is 12.1 Å². The van der Waals surface area contributed by atoms with Crippen LogP contribution in [-0.2, 0) is 14.3 Å². The highest BCUT2D eigenvalue weighted by Crippen LogP contribution is 2.29. The number of carbonyl (C=O) groups excluding carboxylic acids is 3. The van der Waals surface area contributed by atoms with Crippen LogP contribution in [0.25, 0.3) is 0 Å². The summed E-state index contributed by atoms with van der Waals surface area (Å²) >= 11 is 0. The first-order chi connectivity index (χ1) is 12.4. The van der Waals surface area contributed by atoms with Crippen LogP contribution in [0.2, 0.25) is 0 Å². The molecule has 1 amide bonds. The lowest BCUT2D eigenvalue weighted by Crippen LogP contribution is -2.39. The first-order valence-corrected chi connectivity index (χ1v) is 8.26. The zero-order valence-corrected chi connectivity index (χ0v) is 14.6. The highest BCUT2D eigenvalue weighted by Gasteiger charge is 2.30. The van der Waals surface area contributed by atoms with E-state index in [4.69, 9.17) is 9.47 Å². The van der Waals surface area contributed by atoms with Gasteiger partial charge in [0.25, 0.3) is 5.91 Å². The third-order valence-corrected chi connectivity index (χ3v) is 4.11. The lowest BCUT2D eigenvalue weighted by molar-refractivity contribution is -0.146. The van der Waals surface area contributed by atoms with E-state index in [-0.39, 0.29) is 18.8 Å². The first kappa shape index (κ1) is 17.7. The van der Waals surface area contributed by atoms with Crippen molar-refractivity contribution in [3.63, 3.8) is 0 Å². The Morgan fingerprint density at radius 3 is 2.69 bits per heavy atom. The van der Waals surface area contributed by atoms with Crippen LogP contribution in [0.4, 0.5) is 5.69 Å². The van der Waals surface area contributed by atoms with Gasteiger partial charge in [-0.25, -0.2) is 0 Å². The lowest BCUT2D eigenvalue weighted by Gasteiger charge is -2.25. The molecule has 1 atom stereocenters. The molecule has 1 unspecified atom stereocenters. The average Bonchev–Trinajstić information content (AvgIpc) is 2.60. The Morgan fingerprint density at radius 1 is 1.15 bits per heavy atom. The number of ether oxygens (including phenoxy) is 2. The Hall–Kier alpha value is -3.15. The fraction of sp³-hybridized carbons (Fsp3) is 0.250. The maximum Gasteiger partial charge on any atom is 0.310 e. The largest absolute Gasteiger partial charge is 0.478 e. The first-order valence-electron chi connectivity index (χ1n) is 8.26. The highest BCUT2D eigenvalue weighted by molar-refractivity contribution is 6.01. The minimum absolute atomic E-state index is 0.264. The lowest BCUT2D eigenvalue weighted by atomic mass is 10.0. The minimum atomic E-state index is -0.978. The molecule has 6 heteroatoms. The molecule has 0 aromatic heterocycles. The van der Waals surface area contributed by atoms with Gasteiger partial charge in [0.2, 0.25) is 5.78 Å². The van der Waals surface area contributed by atoms with Crippen molar-refractivity contribution in [3.8, 4) is 5.75 Å². The van der Waals surface area contributed by atoms with Crippen molar-refractivity contribution < 1.29 is 23.9 Å². The van der Waals surface area contributed by atoms with Crippen LogP contribution in [0.3, 0.4) is 0 Å². The molecular weight excluding hydrogens is 334 g/mol. The maximum absolute atomic E-state index is 12.2. The third kappa shape index (κ3) is 3.91. The Morgan fingerprint density at radius 2 is 1.92 bits per heavy atom. The van der Waals surface area contributed by atoms with Gasteiger partial charge in [0.1, 0.15) is 5.75 Å². The van der Waals surface area contributed by atoms with E-state index in [0.29, 0.717) is 17.0 Å². The standard InChI is InChI=1S/C20H19NO5/c1-12-7-8-14(13(2)9-12)16(22)11-25-19(23)10-18-20(24)21-15-5-3-4-6-17(15)26-18/h3-9,18H,10-11H2,1-2H3,(H,21,24). The molecule has 0 aliphatic carbocycles. The van der Waals surface area contributed by atoms with Crippen molar-refractivity contribution in [1.29, 1.82) is 0 Å². The summed E-state index contributed by atoms with van der Waals surface area (Å²) in [7, 11) is 0. The second kappa shape index (κ2) is 7.39. The molecule has 1 aliphatic rings. The molecule has 0 saturated heterocycles. The van der Waals surface area contributed by atoms with E-state index in [9.17, 15) is 14.4 Å². The molecule has 1 aliphatic heterocycles. The number of rotatable bonds is 5. The number of ketones is 1. The molecule has 1 heterocycles. The van der Waals surface area contributed by atoms with Crippen LogP contribution >= 0.6 is 0 Å². The zero-order valence-electron chi connectivity index (χ0n) is 14.6. The molecule has 0 fully saturated rings. The molecule has 6 nitrogen and oxygen atoms in total. The van der Waals surface area contributed by atoms with Crippen LogP contribution in [0.1, 0.15) is 27.9 Å². The number of carbonyl (C=O) groups is 3. The molecule has 2 aromatic rings. The summed E-state index contributed by atoms with van der Waals surface area (Å²) in [6.07, 6.45) is -1.24. The van der Waals surface area contributed by atoms with E-state index >= 15 is 0 Å². The Bertz CT molecular complexity index is 874. The number of hydrogen-bond acceptors (Lipinski definition) is 5. The topological polar surface area (TPSA) is 81.7 Å². The van der Waals surface area contributed by atoms with E-state index in [1.54, 1.807) is 30.3 Å². The van der Waals surface area contributed by atoms with Gasteiger partial charge < -0.3 is 14.8 Å². The summed E-state index contributed by atoms with van der Waals surface area (Å²) in [6.45, 7) is 3.40. The van der Waals surface area contributed by atoms with Crippen LogP contribution in [-0.4, -0.2) is 30.4 Å². The van der Waals surface area contributed by atoms with Crippen molar-refractivity contribution in [2.24, 2.45) is 0 Å². The quantitative estimate of drug-likeness (QED) is 0.660. The summed E-state index contributed by atoms with van der Waals surface area (Å²) in [6, 6.07) is 12.4. The van der Waals surface area contributed by atoms with Gasteiger partial charge in [0, 0.05) is 5.56 Å². The second-order valence-corrected chi connectivity index (χ2v) is 6.20. The van der Waals surface area contributed by atoms with Crippen LogP contribution in [0.15, 0.2) is 42.5 Å². The van der Waals surface area contributed by atoms with Gasteiger partial charge in [-0.3, -0.25) is 14.4 Å². The number of para-hydroxylation sites is 2.